The first-order chi connectivity index (χ1) is 11.0. The van der Waals surface area contributed by atoms with E-state index in [-0.39, 0.29) is 17.7 Å². The zero-order chi connectivity index (χ0) is 16.4. The maximum Gasteiger partial charge on any atom is 0.143 e. The maximum atomic E-state index is 13.4. The number of benzene rings is 2. The van der Waals surface area contributed by atoms with Crippen LogP contribution in [0.15, 0.2) is 42.5 Å². The van der Waals surface area contributed by atoms with Crippen molar-refractivity contribution in [2.45, 2.75) is 26.4 Å². The van der Waals surface area contributed by atoms with Crippen molar-refractivity contribution in [3.05, 3.63) is 53.8 Å². The molecule has 0 saturated heterocycles. The summed E-state index contributed by atoms with van der Waals surface area (Å²) in [6, 6.07) is 11.8. The molecule has 3 rings (SSSR count). The minimum atomic E-state index is -0.220. The summed E-state index contributed by atoms with van der Waals surface area (Å²) in [6.45, 7) is 5.95. The summed E-state index contributed by atoms with van der Waals surface area (Å²) in [7, 11) is 0. The quantitative estimate of drug-likeness (QED) is 0.926. The average Bonchev–Trinajstić information content (AvgIpc) is 2.47. The van der Waals surface area contributed by atoms with Crippen LogP contribution in [0.3, 0.4) is 0 Å². The highest BCUT2D eigenvalue weighted by Crippen LogP contribution is 2.37. The van der Waals surface area contributed by atoms with Crippen LogP contribution in [0.4, 0.5) is 10.1 Å². The Morgan fingerprint density at radius 3 is 2.83 bits per heavy atom. The molecule has 2 aromatic rings. The van der Waals surface area contributed by atoms with Gasteiger partial charge in [-0.05, 0) is 35.7 Å². The van der Waals surface area contributed by atoms with Gasteiger partial charge in [0.25, 0.3) is 0 Å². The summed E-state index contributed by atoms with van der Waals surface area (Å²) in [5.41, 5.74) is 1.86. The minimum Gasteiger partial charge on any atom is -0.508 e. The topological polar surface area (TPSA) is 32.7 Å². The third-order valence-electron chi connectivity index (χ3n) is 3.94. The average molecular weight is 315 g/mol. The second-order valence-corrected chi connectivity index (χ2v) is 6.52. The van der Waals surface area contributed by atoms with Gasteiger partial charge in [0, 0.05) is 19.0 Å². The molecular formula is C19H22FNO2. The third-order valence-corrected chi connectivity index (χ3v) is 3.94. The molecule has 0 aromatic heterocycles. The normalized spacial score (nSPS) is 17.0. The summed E-state index contributed by atoms with van der Waals surface area (Å²) < 4.78 is 19.4. The van der Waals surface area contributed by atoms with Crippen LogP contribution in [-0.4, -0.2) is 24.3 Å². The van der Waals surface area contributed by atoms with Crippen LogP contribution in [0.1, 0.15) is 19.4 Å². The highest BCUT2D eigenvalue weighted by molar-refractivity contribution is 5.63. The van der Waals surface area contributed by atoms with E-state index in [9.17, 15) is 9.50 Å². The van der Waals surface area contributed by atoms with Gasteiger partial charge in [0.05, 0.1) is 12.2 Å². The fourth-order valence-electron chi connectivity index (χ4n) is 3.06. The Bertz CT molecular complexity index is 687. The fourth-order valence-corrected chi connectivity index (χ4v) is 3.06. The summed E-state index contributed by atoms with van der Waals surface area (Å²) in [5, 5.41) is 9.75. The number of nitrogens with zero attached hydrogens (tertiary/aromatic N) is 1. The highest BCUT2D eigenvalue weighted by atomic mass is 19.1. The molecule has 1 unspecified atom stereocenters. The van der Waals surface area contributed by atoms with Gasteiger partial charge in [-0.15, -0.1) is 0 Å². The molecule has 0 spiro atoms. The summed E-state index contributed by atoms with van der Waals surface area (Å²) in [4.78, 5) is 2.24. The summed E-state index contributed by atoms with van der Waals surface area (Å²) in [5.74, 6) is 1.29. The van der Waals surface area contributed by atoms with Gasteiger partial charge in [-0.3, -0.25) is 0 Å². The van der Waals surface area contributed by atoms with Crippen molar-refractivity contribution in [3.63, 3.8) is 0 Å². The number of fused-ring (bicyclic) bond motifs is 1. The van der Waals surface area contributed by atoms with Crippen LogP contribution in [0, 0.1) is 11.7 Å². The van der Waals surface area contributed by atoms with Crippen molar-refractivity contribution in [1.29, 1.82) is 0 Å². The molecule has 0 saturated carbocycles. The molecule has 1 N–H and O–H groups in total. The van der Waals surface area contributed by atoms with E-state index in [1.54, 1.807) is 30.3 Å². The number of anilines is 1. The van der Waals surface area contributed by atoms with E-state index in [1.165, 1.54) is 6.07 Å². The van der Waals surface area contributed by atoms with Crippen LogP contribution in [0.2, 0.25) is 0 Å². The predicted molar refractivity (Wildman–Crippen MR) is 89.7 cm³/mol. The van der Waals surface area contributed by atoms with E-state index in [0.717, 1.165) is 30.1 Å². The number of halogens is 1. The van der Waals surface area contributed by atoms with Crippen LogP contribution in [-0.2, 0) is 6.42 Å². The van der Waals surface area contributed by atoms with E-state index in [0.29, 0.717) is 12.3 Å². The molecule has 3 nitrogen and oxygen atoms in total. The standard InChI is InChI=1S/C19H22FNO2/c1-13(2)11-21-12-17(9-14-4-3-5-15(20)8-14)23-19-7-6-16(22)10-18(19)21/h3-8,10,13,17,22H,9,11-12H2,1-2H3. The molecule has 1 aliphatic rings. The zero-order valence-corrected chi connectivity index (χ0v) is 13.5. The second-order valence-electron chi connectivity index (χ2n) is 6.52. The van der Waals surface area contributed by atoms with Gasteiger partial charge in [0.1, 0.15) is 23.4 Å². The van der Waals surface area contributed by atoms with Crippen molar-refractivity contribution in [2.24, 2.45) is 5.92 Å². The van der Waals surface area contributed by atoms with E-state index in [2.05, 4.69) is 18.7 Å². The lowest BCUT2D eigenvalue weighted by molar-refractivity contribution is 0.192. The number of ether oxygens (including phenoxy) is 1. The molecule has 4 heteroatoms. The van der Waals surface area contributed by atoms with Crippen molar-refractivity contribution in [3.8, 4) is 11.5 Å². The lowest BCUT2D eigenvalue weighted by atomic mass is 10.0. The van der Waals surface area contributed by atoms with Crippen LogP contribution >= 0.6 is 0 Å². The lowest BCUT2D eigenvalue weighted by Crippen LogP contribution is -2.42. The van der Waals surface area contributed by atoms with Gasteiger partial charge in [-0.25, -0.2) is 4.39 Å². The number of rotatable bonds is 4. The molecule has 0 bridgehead atoms. The molecular weight excluding hydrogens is 293 g/mol. The number of hydrogen-bond acceptors (Lipinski definition) is 3. The summed E-state index contributed by atoms with van der Waals surface area (Å²) >= 11 is 0. The zero-order valence-electron chi connectivity index (χ0n) is 13.5. The van der Waals surface area contributed by atoms with Gasteiger partial charge >= 0.3 is 0 Å². The Labute approximate surface area is 136 Å². The molecule has 0 fully saturated rings. The Kier molecular flexibility index (Phi) is 4.42. The summed E-state index contributed by atoms with van der Waals surface area (Å²) in [6.07, 6.45) is 0.625. The first kappa shape index (κ1) is 15.7. The number of phenols is 1. The largest absolute Gasteiger partial charge is 0.508 e. The first-order valence-electron chi connectivity index (χ1n) is 8.00. The number of aromatic hydroxyl groups is 1. The molecule has 2 aromatic carbocycles. The monoisotopic (exact) mass is 315 g/mol. The Balaban J connectivity index is 1.83. The number of hydrogen-bond donors (Lipinski definition) is 1. The molecule has 0 amide bonds. The molecule has 0 radical (unpaired) electrons. The molecule has 23 heavy (non-hydrogen) atoms. The van der Waals surface area contributed by atoms with Gasteiger partial charge in [0.2, 0.25) is 0 Å². The fraction of sp³-hybridized carbons (Fsp3) is 0.368. The van der Waals surface area contributed by atoms with E-state index < -0.39 is 0 Å². The van der Waals surface area contributed by atoms with E-state index in [4.69, 9.17) is 4.74 Å². The Morgan fingerprint density at radius 2 is 2.09 bits per heavy atom. The van der Waals surface area contributed by atoms with Gasteiger partial charge in [0.15, 0.2) is 0 Å². The first-order valence-corrected chi connectivity index (χ1v) is 8.00. The van der Waals surface area contributed by atoms with E-state index in [1.807, 2.05) is 6.07 Å². The lowest BCUT2D eigenvalue weighted by Gasteiger charge is -2.37. The SMILES string of the molecule is CC(C)CN1CC(Cc2cccc(F)c2)Oc2ccc(O)cc21. The van der Waals surface area contributed by atoms with Crippen molar-refractivity contribution >= 4 is 5.69 Å². The van der Waals surface area contributed by atoms with Gasteiger partial charge in [-0.2, -0.15) is 0 Å². The Hall–Kier alpha value is -2.23. The molecule has 0 aliphatic carbocycles. The maximum absolute atomic E-state index is 13.4. The second kappa shape index (κ2) is 6.49. The van der Waals surface area contributed by atoms with Crippen LogP contribution in [0.25, 0.3) is 0 Å². The van der Waals surface area contributed by atoms with Gasteiger partial charge in [-0.1, -0.05) is 26.0 Å². The number of phenolic OH excluding ortho intramolecular Hbond substituents is 1. The van der Waals surface area contributed by atoms with Crippen LogP contribution < -0.4 is 9.64 Å². The smallest absolute Gasteiger partial charge is 0.143 e. The minimum absolute atomic E-state index is 0.0346. The molecule has 1 heterocycles. The highest BCUT2D eigenvalue weighted by Gasteiger charge is 2.26. The van der Waals surface area contributed by atoms with E-state index >= 15 is 0 Å². The van der Waals surface area contributed by atoms with Crippen LogP contribution in [0.5, 0.6) is 11.5 Å². The van der Waals surface area contributed by atoms with Crippen molar-refractivity contribution in [2.75, 3.05) is 18.0 Å². The van der Waals surface area contributed by atoms with Gasteiger partial charge < -0.3 is 14.7 Å². The van der Waals surface area contributed by atoms with Crippen molar-refractivity contribution < 1.29 is 14.2 Å². The third kappa shape index (κ3) is 3.76. The Morgan fingerprint density at radius 1 is 1.26 bits per heavy atom. The molecule has 1 aliphatic heterocycles. The van der Waals surface area contributed by atoms with Crippen molar-refractivity contribution in [1.82, 2.24) is 0 Å². The molecule has 122 valence electrons. The predicted octanol–water partition coefficient (Wildman–Crippen LogP) is 4.00. The molecule has 1 atom stereocenters.